The molecule has 4 aliphatic rings. The lowest BCUT2D eigenvalue weighted by Gasteiger charge is -2.62. The van der Waals surface area contributed by atoms with Crippen molar-refractivity contribution in [2.24, 2.45) is 39.9 Å². The number of allylic oxidation sites excluding steroid dienone is 3. The number of carbonyl (C=O) groups excluding carboxylic acids is 1. The molecule has 0 saturated heterocycles. The molecule has 0 aromatic rings. The van der Waals surface area contributed by atoms with Crippen LogP contribution in [0.25, 0.3) is 0 Å². The van der Waals surface area contributed by atoms with Gasteiger partial charge in [0, 0.05) is 19.4 Å². The molecule has 226 valence electrons. The van der Waals surface area contributed by atoms with Crippen LogP contribution in [0.4, 0.5) is 0 Å². The number of aliphatic hydroxyl groups excluding tert-OH is 2. The van der Waals surface area contributed by atoms with Crippen molar-refractivity contribution in [3.63, 3.8) is 0 Å². The highest BCUT2D eigenvalue weighted by molar-refractivity contribution is 5.67. The quantitative estimate of drug-likeness (QED) is 0.194. The van der Waals surface area contributed by atoms with Crippen molar-refractivity contribution in [2.45, 2.75) is 118 Å². The standard InChI is InChI=1S/C34H54O6/c1-19(2)20(3)11-12-21(4)24-14-15-25-23-13-16-27-32(6,7)30(37)26(39-18-38-10)17-33(27,8)28(23)29(36)31(34(24,25)9)40-22(5)35/h15,19,21,24,26-27,29-31,36-37H,3,11-14,16-18H2,1-2,4-10H3/t21-,24-,26-,27+,29-,30+,31+,33+,34-/m1/s1. The van der Waals surface area contributed by atoms with E-state index in [9.17, 15) is 15.0 Å². The van der Waals surface area contributed by atoms with Crippen LogP contribution in [0.1, 0.15) is 93.9 Å². The lowest BCUT2D eigenvalue weighted by atomic mass is 9.45. The first-order chi connectivity index (χ1) is 18.6. The average Bonchev–Trinajstić information content (AvgIpc) is 3.23. The maximum Gasteiger partial charge on any atom is 0.303 e. The van der Waals surface area contributed by atoms with Gasteiger partial charge in [-0.15, -0.1) is 0 Å². The van der Waals surface area contributed by atoms with Gasteiger partial charge in [0.1, 0.15) is 19.0 Å². The Labute approximate surface area is 242 Å². The number of rotatable bonds is 9. The lowest BCUT2D eigenvalue weighted by molar-refractivity contribution is -0.205. The molecule has 6 nitrogen and oxygen atoms in total. The zero-order chi connectivity index (χ0) is 29.8. The number of carbonyl (C=O) groups is 1. The first-order valence-corrected chi connectivity index (χ1v) is 15.4. The van der Waals surface area contributed by atoms with Gasteiger partial charge in [-0.3, -0.25) is 4.79 Å². The number of hydrogen-bond donors (Lipinski definition) is 2. The number of fused-ring (bicyclic) bond motifs is 4. The first-order valence-electron chi connectivity index (χ1n) is 15.4. The first kappa shape index (κ1) is 31.5. The van der Waals surface area contributed by atoms with Gasteiger partial charge < -0.3 is 24.4 Å². The van der Waals surface area contributed by atoms with E-state index in [1.807, 2.05) is 0 Å². The summed E-state index contributed by atoms with van der Waals surface area (Å²) in [5.74, 6) is 0.877. The number of hydrogen-bond acceptors (Lipinski definition) is 6. The molecule has 0 aromatic carbocycles. The number of esters is 1. The molecular formula is C34H54O6. The Bertz CT molecular complexity index is 1050. The van der Waals surface area contributed by atoms with E-state index < -0.39 is 40.7 Å². The van der Waals surface area contributed by atoms with E-state index in [4.69, 9.17) is 14.2 Å². The lowest BCUT2D eigenvalue weighted by Crippen LogP contribution is -2.63. The molecule has 0 spiro atoms. The topological polar surface area (TPSA) is 85.2 Å². The summed E-state index contributed by atoms with van der Waals surface area (Å²) in [6.07, 6.45) is 5.01. The van der Waals surface area contributed by atoms with E-state index in [0.717, 1.165) is 37.7 Å². The Morgan fingerprint density at radius 3 is 2.45 bits per heavy atom. The minimum absolute atomic E-state index is 0.106. The van der Waals surface area contributed by atoms with Gasteiger partial charge in [-0.25, -0.2) is 0 Å². The maximum atomic E-state index is 12.5. The smallest absolute Gasteiger partial charge is 0.303 e. The molecule has 4 aliphatic carbocycles. The van der Waals surface area contributed by atoms with Crippen molar-refractivity contribution in [1.29, 1.82) is 0 Å². The molecular weight excluding hydrogens is 504 g/mol. The molecule has 2 N–H and O–H groups in total. The Hall–Kier alpha value is -1.47. The zero-order valence-electron chi connectivity index (χ0n) is 26.4. The van der Waals surface area contributed by atoms with Gasteiger partial charge in [0.05, 0.1) is 12.2 Å². The molecule has 1 saturated carbocycles. The minimum Gasteiger partial charge on any atom is -0.458 e. The van der Waals surface area contributed by atoms with Crippen LogP contribution in [-0.4, -0.2) is 54.5 Å². The van der Waals surface area contributed by atoms with Crippen LogP contribution in [-0.2, 0) is 19.0 Å². The van der Waals surface area contributed by atoms with Gasteiger partial charge in [0.25, 0.3) is 0 Å². The number of aliphatic hydroxyl groups is 2. The third-order valence-corrected chi connectivity index (χ3v) is 11.6. The van der Waals surface area contributed by atoms with Gasteiger partial charge in [-0.1, -0.05) is 66.7 Å². The highest BCUT2D eigenvalue weighted by atomic mass is 16.7. The molecule has 0 aliphatic heterocycles. The fourth-order valence-electron chi connectivity index (χ4n) is 9.33. The van der Waals surface area contributed by atoms with E-state index in [1.54, 1.807) is 7.11 Å². The summed E-state index contributed by atoms with van der Waals surface area (Å²) in [6, 6.07) is 0. The summed E-state index contributed by atoms with van der Waals surface area (Å²) in [6.45, 7) is 21.2. The largest absolute Gasteiger partial charge is 0.458 e. The molecule has 0 amide bonds. The van der Waals surface area contributed by atoms with Crippen LogP contribution in [0.3, 0.4) is 0 Å². The Kier molecular flexibility index (Phi) is 8.90. The average molecular weight is 559 g/mol. The fourth-order valence-corrected chi connectivity index (χ4v) is 9.33. The highest BCUT2D eigenvalue weighted by Crippen LogP contribution is 2.67. The van der Waals surface area contributed by atoms with E-state index >= 15 is 0 Å². The SMILES string of the molecule is C=C(CC[C@@H](C)[C@H]1CC=C2C3=C([C@@H](O)[C@H](OC(C)=O)[C@@]21C)[C@@]1(C)C[C@@H](OCOC)[C@H](O)C(C)(C)[C@@H]1CC3)C(C)C. The zero-order valence-corrected chi connectivity index (χ0v) is 26.4. The van der Waals surface area contributed by atoms with Crippen LogP contribution >= 0.6 is 0 Å². The summed E-state index contributed by atoms with van der Waals surface area (Å²) >= 11 is 0. The summed E-state index contributed by atoms with van der Waals surface area (Å²) in [5.41, 5.74) is 3.45. The van der Waals surface area contributed by atoms with Crippen molar-refractivity contribution < 1.29 is 29.2 Å². The van der Waals surface area contributed by atoms with Gasteiger partial charge in [-0.05, 0) is 89.7 Å². The molecule has 40 heavy (non-hydrogen) atoms. The molecule has 1 fully saturated rings. The van der Waals surface area contributed by atoms with Crippen LogP contribution in [0.15, 0.2) is 34.9 Å². The second-order valence-electron chi connectivity index (χ2n) is 14.5. The molecule has 6 heteroatoms. The third-order valence-electron chi connectivity index (χ3n) is 11.6. The molecule has 0 aromatic heterocycles. The Balaban J connectivity index is 1.78. The molecule has 0 bridgehead atoms. The normalized spacial score (nSPS) is 39.2. The summed E-state index contributed by atoms with van der Waals surface area (Å²) in [7, 11) is 1.59. The van der Waals surface area contributed by atoms with Gasteiger partial charge in [0.2, 0.25) is 0 Å². The Morgan fingerprint density at radius 2 is 1.85 bits per heavy atom. The van der Waals surface area contributed by atoms with E-state index in [2.05, 4.69) is 61.1 Å². The van der Waals surface area contributed by atoms with Crippen LogP contribution in [0, 0.1) is 39.9 Å². The molecule has 9 atom stereocenters. The van der Waals surface area contributed by atoms with E-state index in [1.165, 1.54) is 23.6 Å². The minimum atomic E-state index is -0.915. The highest BCUT2D eigenvalue weighted by Gasteiger charge is 2.65. The number of ether oxygens (including phenoxy) is 3. The third kappa shape index (κ3) is 4.95. The van der Waals surface area contributed by atoms with E-state index in [0.29, 0.717) is 18.3 Å². The summed E-state index contributed by atoms with van der Waals surface area (Å²) < 4.78 is 17.4. The predicted octanol–water partition coefficient (Wildman–Crippen LogP) is 6.37. The van der Waals surface area contributed by atoms with Crippen LogP contribution in [0.2, 0.25) is 0 Å². The summed E-state index contributed by atoms with van der Waals surface area (Å²) in [4.78, 5) is 12.5. The van der Waals surface area contributed by atoms with Crippen molar-refractivity contribution in [1.82, 2.24) is 0 Å². The summed E-state index contributed by atoms with van der Waals surface area (Å²) in [5, 5.41) is 23.7. The van der Waals surface area contributed by atoms with Gasteiger partial charge in [0.15, 0.2) is 0 Å². The van der Waals surface area contributed by atoms with Crippen molar-refractivity contribution in [3.05, 3.63) is 34.9 Å². The van der Waals surface area contributed by atoms with Crippen molar-refractivity contribution >= 4 is 5.97 Å². The molecule has 0 heterocycles. The second-order valence-corrected chi connectivity index (χ2v) is 14.5. The molecule has 0 radical (unpaired) electrons. The van der Waals surface area contributed by atoms with Crippen molar-refractivity contribution in [3.8, 4) is 0 Å². The molecule has 4 rings (SSSR count). The monoisotopic (exact) mass is 558 g/mol. The van der Waals surface area contributed by atoms with Crippen LogP contribution < -0.4 is 0 Å². The van der Waals surface area contributed by atoms with Crippen molar-refractivity contribution in [2.75, 3.05) is 13.9 Å². The van der Waals surface area contributed by atoms with Crippen LogP contribution in [0.5, 0.6) is 0 Å². The van der Waals surface area contributed by atoms with Gasteiger partial charge in [-0.2, -0.15) is 0 Å². The second kappa shape index (κ2) is 11.3. The number of methoxy groups -OCH3 is 1. The Morgan fingerprint density at radius 1 is 1.18 bits per heavy atom. The van der Waals surface area contributed by atoms with Gasteiger partial charge >= 0.3 is 5.97 Å². The fraction of sp³-hybridized carbons (Fsp3) is 0.794. The molecule has 0 unspecified atom stereocenters. The maximum absolute atomic E-state index is 12.5. The predicted molar refractivity (Wildman–Crippen MR) is 157 cm³/mol. The van der Waals surface area contributed by atoms with E-state index in [-0.39, 0.29) is 24.6 Å².